The molecule has 0 bridgehead atoms. The van der Waals surface area contributed by atoms with Crippen LogP contribution in [0.1, 0.15) is 56.1 Å². The maximum Gasteiger partial charge on any atom is 0.244 e. The van der Waals surface area contributed by atoms with Gasteiger partial charge in [-0.2, -0.15) is 0 Å². The SMILES string of the molecule is Cc1ccc(O)c([C@@H]2NC3(CCCC3)C(=O)N2CC2CC2)n1. The first kappa shape index (κ1) is 14.0. The molecular formula is C17H23N3O2. The van der Waals surface area contributed by atoms with Crippen molar-refractivity contribution in [1.29, 1.82) is 0 Å². The largest absolute Gasteiger partial charge is 0.506 e. The van der Waals surface area contributed by atoms with Gasteiger partial charge in [0.25, 0.3) is 0 Å². The second-order valence-corrected chi connectivity index (χ2v) is 7.09. The normalized spacial score (nSPS) is 27.0. The monoisotopic (exact) mass is 301 g/mol. The summed E-state index contributed by atoms with van der Waals surface area (Å²) >= 11 is 0. The Kier molecular flexibility index (Phi) is 3.15. The standard InChI is InChI=1S/C17H23N3O2/c1-11-4-7-13(21)14(18-11)15-19-17(8-2-3-9-17)16(22)20(15)10-12-5-6-12/h4,7,12,15,19,21H,2-3,5-6,8-10H2,1H3/t15-/m1/s1. The summed E-state index contributed by atoms with van der Waals surface area (Å²) in [4.78, 5) is 19.5. The molecule has 118 valence electrons. The molecule has 0 aromatic carbocycles. The number of hydrogen-bond donors (Lipinski definition) is 2. The van der Waals surface area contributed by atoms with Gasteiger partial charge in [0.2, 0.25) is 5.91 Å². The van der Waals surface area contributed by atoms with Gasteiger partial charge in [0.15, 0.2) is 0 Å². The fourth-order valence-electron chi connectivity index (χ4n) is 3.88. The van der Waals surface area contributed by atoms with E-state index in [-0.39, 0.29) is 17.8 Å². The molecule has 1 aliphatic heterocycles. The van der Waals surface area contributed by atoms with E-state index in [9.17, 15) is 9.90 Å². The van der Waals surface area contributed by atoms with Crippen LogP contribution in [0.5, 0.6) is 5.75 Å². The molecule has 1 aromatic rings. The van der Waals surface area contributed by atoms with E-state index < -0.39 is 5.54 Å². The number of hydrogen-bond acceptors (Lipinski definition) is 4. The summed E-state index contributed by atoms with van der Waals surface area (Å²) in [5.74, 6) is 1.01. The van der Waals surface area contributed by atoms with Crippen molar-refractivity contribution in [3.05, 3.63) is 23.5 Å². The predicted octanol–water partition coefficient (Wildman–Crippen LogP) is 2.25. The summed E-state index contributed by atoms with van der Waals surface area (Å²) in [6, 6.07) is 3.48. The second-order valence-electron chi connectivity index (χ2n) is 7.09. The second kappa shape index (κ2) is 4.95. The molecule has 2 heterocycles. The van der Waals surface area contributed by atoms with Crippen LogP contribution in [0, 0.1) is 12.8 Å². The van der Waals surface area contributed by atoms with Crippen molar-refractivity contribution < 1.29 is 9.90 Å². The van der Waals surface area contributed by atoms with Gasteiger partial charge in [0.05, 0.1) is 5.54 Å². The maximum atomic E-state index is 13.0. The zero-order valence-electron chi connectivity index (χ0n) is 13.0. The third-order valence-corrected chi connectivity index (χ3v) is 5.30. The van der Waals surface area contributed by atoms with E-state index in [1.54, 1.807) is 12.1 Å². The maximum absolute atomic E-state index is 13.0. The zero-order chi connectivity index (χ0) is 15.3. The number of amides is 1. The van der Waals surface area contributed by atoms with Crippen molar-refractivity contribution >= 4 is 5.91 Å². The molecule has 5 heteroatoms. The minimum atomic E-state index is -0.419. The molecule has 1 atom stereocenters. The Morgan fingerprint density at radius 2 is 2.09 bits per heavy atom. The summed E-state index contributed by atoms with van der Waals surface area (Å²) < 4.78 is 0. The molecule has 2 saturated carbocycles. The number of carbonyl (C=O) groups excluding carboxylic acids is 1. The van der Waals surface area contributed by atoms with Crippen LogP contribution in [-0.2, 0) is 4.79 Å². The summed E-state index contributed by atoms with van der Waals surface area (Å²) in [5, 5.41) is 13.8. The van der Waals surface area contributed by atoms with Crippen LogP contribution < -0.4 is 5.32 Å². The highest BCUT2D eigenvalue weighted by atomic mass is 16.3. The van der Waals surface area contributed by atoms with Gasteiger partial charge in [0, 0.05) is 12.2 Å². The van der Waals surface area contributed by atoms with Crippen LogP contribution >= 0.6 is 0 Å². The lowest BCUT2D eigenvalue weighted by atomic mass is 9.98. The number of carbonyl (C=O) groups is 1. The molecule has 2 aliphatic carbocycles. The first-order valence-corrected chi connectivity index (χ1v) is 8.34. The quantitative estimate of drug-likeness (QED) is 0.898. The Bertz CT molecular complexity index is 606. The van der Waals surface area contributed by atoms with Crippen molar-refractivity contribution in [3.63, 3.8) is 0 Å². The number of aromatic hydroxyl groups is 1. The van der Waals surface area contributed by atoms with Gasteiger partial charge >= 0.3 is 0 Å². The number of pyridine rings is 1. The van der Waals surface area contributed by atoms with Crippen LogP contribution in [-0.4, -0.2) is 33.0 Å². The number of nitrogens with one attached hydrogen (secondary N) is 1. The van der Waals surface area contributed by atoms with Gasteiger partial charge in [-0.15, -0.1) is 0 Å². The molecule has 1 spiro atoms. The van der Waals surface area contributed by atoms with Crippen molar-refractivity contribution in [2.75, 3.05) is 6.54 Å². The van der Waals surface area contributed by atoms with Crippen LogP contribution in [0.4, 0.5) is 0 Å². The van der Waals surface area contributed by atoms with E-state index in [1.165, 1.54) is 12.8 Å². The molecule has 3 fully saturated rings. The van der Waals surface area contributed by atoms with E-state index >= 15 is 0 Å². The summed E-state index contributed by atoms with van der Waals surface area (Å²) in [7, 11) is 0. The van der Waals surface area contributed by atoms with Gasteiger partial charge in [-0.1, -0.05) is 12.8 Å². The van der Waals surface area contributed by atoms with Crippen molar-refractivity contribution in [1.82, 2.24) is 15.2 Å². The molecule has 3 aliphatic rings. The van der Waals surface area contributed by atoms with E-state index in [1.807, 2.05) is 11.8 Å². The van der Waals surface area contributed by atoms with Gasteiger partial charge in [0.1, 0.15) is 17.6 Å². The van der Waals surface area contributed by atoms with E-state index in [4.69, 9.17) is 0 Å². The van der Waals surface area contributed by atoms with Crippen molar-refractivity contribution in [3.8, 4) is 5.75 Å². The number of aromatic nitrogens is 1. The molecule has 5 nitrogen and oxygen atoms in total. The number of rotatable bonds is 3. The topological polar surface area (TPSA) is 65.5 Å². The summed E-state index contributed by atoms with van der Waals surface area (Å²) in [5.41, 5.74) is 1.04. The first-order chi connectivity index (χ1) is 10.6. The van der Waals surface area contributed by atoms with Gasteiger partial charge in [-0.3, -0.25) is 15.1 Å². The highest BCUT2D eigenvalue weighted by Gasteiger charge is 2.54. The van der Waals surface area contributed by atoms with E-state index in [0.29, 0.717) is 11.6 Å². The Balaban J connectivity index is 1.71. The predicted molar refractivity (Wildman–Crippen MR) is 82.2 cm³/mol. The Morgan fingerprint density at radius 1 is 1.36 bits per heavy atom. The lowest BCUT2D eigenvalue weighted by molar-refractivity contribution is -0.133. The summed E-state index contributed by atoms with van der Waals surface area (Å²) in [6.45, 7) is 2.70. The van der Waals surface area contributed by atoms with Crippen LogP contribution in [0.15, 0.2) is 12.1 Å². The Labute approximate surface area is 130 Å². The smallest absolute Gasteiger partial charge is 0.244 e. The lowest BCUT2D eigenvalue weighted by Gasteiger charge is -2.24. The lowest BCUT2D eigenvalue weighted by Crippen LogP contribution is -2.44. The molecule has 4 rings (SSSR count). The Morgan fingerprint density at radius 3 is 2.77 bits per heavy atom. The fraction of sp³-hybridized carbons (Fsp3) is 0.647. The third-order valence-electron chi connectivity index (χ3n) is 5.30. The number of nitrogens with zero attached hydrogens (tertiary/aromatic N) is 2. The van der Waals surface area contributed by atoms with Crippen LogP contribution in [0.2, 0.25) is 0 Å². The van der Waals surface area contributed by atoms with E-state index in [2.05, 4.69) is 10.3 Å². The van der Waals surface area contributed by atoms with Gasteiger partial charge in [-0.25, -0.2) is 0 Å². The van der Waals surface area contributed by atoms with Crippen LogP contribution in [0.3, 0.4) is 0 Å². The minimum Gasteiger partial charge on any atom is -0.506 e. The first-order valence-electron chi connectivity index (χ1n) is 8.34. The van der Waals surface area contributed by atoms with Crippen molar-refractivity contribution in [2.24, 2.45) is 5.92 Å². The molecule has 1 amide bonds. The highest BCUT2D eigenvalue weighted by molar-refractivity contribution is 5.89. The minimum absolute atomic E-state index is 0.173. The molecule has 0 unspecified atom stereocenters. The third kappa shape index (κ3) is 2.19. The highest BCUT2D eigenvalue weighted by Crippen LogP contribution is 2.44. The molecule has 2 N–H and O–H groups in total. The Hall–Kier alpha value is -1.62. The zero-order valence-corrected chi connectivity index (χ0v) is 13.0. The molecular weight excluding hydrogens is 278 g/mol. The summed E-state index contributed by atoms with van der Waals surface area (Å²) in [6.07, 6.45) is 6.11. The molecule has 1 saturated heterocycles. The van der Waals surface area contributed by atoms with Gasteiger partial charge < -0.3 is 10.0 Å². The average molecular weight is 301 g/mol. The molecule has 22 heavy (non-hydrogen) atoms. The van der Waals surface area contributed by atoms with E-state index in [0.717, 1.165) is 37.9 Å². The van der Waals surface area contributed by atoms with Gasteiger partial charge in [-0.05, 0) is 50.7 Å². The fourth-order valence-corrected chi connectivity index (χ4v) is 3.88. The average Bonchev–Trinajstić information content (AvgIpc) is 3.13. The molecule has 0 radical (unpaired) electrons. The number of aryl methyl sites for hydroxylation is 1. The van der Waals surface area contributed by atoms with Crippen LogP contribution in [0.25, 0.3) is 0 Å². The molecule has 1 aromatic heterocycles. The van der Waals surface area contributed by atoms with Crippen molar-refractivity contribution in [2.45, 2.75) is 57.2 Å².